The summed E-state index contributed by atoms with van der Waals surface area (Å²) in [6.45, 7) is 0. The van der Waals surface area contributed by atoms with E-state index in [9.17, 15) is 0 Å². The zero-order valence-corrected chi connectivity index (χ0v) is 25.5. The van der Waals surface area contributed by atoms with Crippen LogP contribution in [0.2, 0.25) is 0 Å². The fourth-order valence-electron chi connectivity index (χ4n) is 6.34. The topological polar surface area (TPSA) is 43.6 Å². The molecule has 5 heteroatoms. The van der Waals surface area contributed by atoms with E-state index >= 15 is 0 Å². The van der Waals surface area contributed by atoms with Gasteiger partial charge in [0.05, 0.1) is 22.4 Å². The number of thiophene rings is 1. The third-order valence-corrected chi connectivity index (χ3v) is 9.65. The summed E-state index contributed by atoms with van der Waals surface area (Å²) < 4.78 is 4.66. The van der Waals surface area contributed by atoms with Crippen LogP contribution in [0.1, 0.15) is 0 Å². The number of benzene rings is 6. The molecule has 3 aromatic heterocycles. The average molecular weight is 607 g/mol. The predicted molar refractivity (Wildman–Crippen MR) is 191 cm³/mol. The molecular formula is C41H26N4S. The molecule has 6 aromatic carbocycles. The molecule has 0 bridgehead atoms. The highest BCUT2D eigenvalue weighted by Gasteiger charge is 2.21. The summed E-state index contributed by atoms with van der Waals surface area (Å²) in [5.74, 6) is 1.65. The van der Waals surface area contributed by atoms with E-state index in [-0.39, 0.29) is 0 Å². The van der Waals surface area contributed by atoms with Gasteiger partial charge in [-0.2, -0.15) is 0 Å². The summed E-state index contributed by atoms with van der Waals surface area (Å²) >= 11 is 1.80. The number of aromatic nitrogens is 4. The van der Waals surface area contributed by atoms with E-state index in [2.05, 4.69) is 144 Å². The van der Waals surface area contributed by atoms with E-state index in [1.807, 2.05) is 18.2 Å². The molecule has 0 saturated heterocycles. The molecule has 9 rings (SSSR count). The second-order valence-electron chi connectivity index (χ2n) is 11.3. The van der Waals surface area contributed by atoms with E-state index in [1.165, 1.54) is 14.8 Å². The van der Waals surface area contributed by atoms with Crippen molar-refractivity contribution in [3.05, 3.63) is 158 Å². The van der Waals surface area contributed by atoms with E-state index in [0.717, 1.165) is 61.6 Å². The van der Waals surface area contributed by atoms with Crippen LogP contribution in [0.5, 0.6) is 0 Å². The van der Waals surface area contributed by atoms with Crippen molar-refractivity contribution in [2.45, 2.75) is 0 Å². The van der Waals surface area contributed by atoms with Gasteiger partial charge < -0.3 is 0 Å². The van der Waals surface area contributed by atoms with Crippen molar-refractivity contribution in [2.24, 2.45) is 0 Å². The van der Waals surface area contributed by atoms with Crippen molar-refractivity contribution >= 4 is 42.5 Å². The largest absolute Gasteiger partial charge is 0.292 e. The Balaban J connectivity index is 1.30. The van der Waals surface area contributed by atoms with Gasteiger partial charge in [-0.25, -0.2) is 15.0 Å². The second kappa shape index (κ2) is 10.9. The molecule has 0 atom stereocenters. The number of imidazole rings is 1. The first-order valence-corrected chi connectivity index (χ1v) is 16.1. The lowest BCUT2D eigenvalue weighted by Crippen LogP contribution is -1.97. The molecule has 0 spiro atoms. The van der Waals surface area contributed by atoms with Crippen LogP contribution in [0.4, 0.5) is 0 Å². The highest BCUT2D eigenvalue weighted by Crippen LogP contribution is 2.44. The summed E-state index contributed by atoms with van der Waals surface area (Å²) in [6.07, 6.45) is 0. The molecule has 0 aliphatic carbocycles. The number of fused-ring (bicyclic) bond motifs is 4. The van der Waals surface area contributed by atoms with E-state index < -0.39 is 0 Å². The van der Waals surface area contributed by atoms with Crippen LogP contribution in [-0.2, 0) is 0 Å². The van der Waals surface area contributed by atoms with Crippen molar-refractivity contribution in [3.63, 3.8) is 0 Å². The number of nitrogens with zero attached hydrogens (tertiary/aromatic N) is 4. The first-order chi connectivity index (χ1) is 22.8. The smallest absolute Gasteiger partial charge is 0.161 e. The first-order valence-electron chi connectivity index (χ1n) is 15.3. The molecule has 0 saturated carbocycles. The van der Waals surface area contributed by atoms with Crippen LogP contribution in [0.3, 0.4) is 0 Å². The van der Waals surface area contributed by atoms with E-state index in [0.29, 0.717) is 5.82 Å². The normalized spacial score (nSPS) is 11.5. The van der Waals surface area contributed by atoms with Gasteiger partial charge in [0.1, 0.15) is 5.82 Å². The lowest BCUT2D eigenvalue weighted by Gasteiger charge is -2.11. The Labute approximate surface area is 269 Å². The van der Waals surface area contributed by atoms with Crippen molar-refractivity contribution in [1.82, 2.24) is 19.5 Å². The van der Waals surface area contributed by atoms with Gasteiger partial charge in [0.2, 0.25) is 0 Å². The fourth-order valence-corrected chi connectivity index (χ4v) is 7.57. The van der Waals surface area contributed by atoms with Gasteiger partial charge >= 0.3 is 0 Å². The van der Waals surface area contributed by atoms with Crippen LogP contribution < -0.4 is 0 Å². The molecular weight excluding hydrogens is 581 g/mol. The summed E-state index contributed by atoms with van der Waals surface area (Å²) in [6, 6.07) is 54.6. The molecule has 3 heterocycles. The maximum absolute atomic E-state index is 5.20. The monoisotopic (exact) mass is 606 g/mol. The van der Waals surface area contributed by atoms with Crippen LogP contribution in [-0.4, -0.2) is 19.5 Å². The maximum Gasteiger partial charge on any atom is 0.161 e. The minimum absolute atomic E-state index is 0.715. The third-order valence-electron chi connectivity index (χ3n) is 8.44. The zero-order valence-electron chi connectivity index (χ0n) is 24.7. The van der Waals surface area contributed by atoms with Gasteiger partial charge in [0, 0.05) is 48.1 Å². The molecule has 0 radical (unpaired) electrons. The highest BCUT2D eigenvalue weighted by molar-refractivity contribution is 7.26. The van der Waals surface area contributed by atoms with Crippen molar-refractivity contribution in [2.75, 3.05) is 0 Å². The Bertz CT molecular complexity index is 2460. The van der Waals surface area contributed by atoms with Gasteiger partial charge in [0.25, 0.3) is 0 Å². The number of hydrogen-bond acceptors (Lipinski definition) is 4. The van der Waals surface area contributed by atoms with Gasteiger partial charge in [0.15, 0.2) is 5.82 Å². The molecule has 0 unspecified atom stereocenters. The first kappa shape index (κ1) is 26.5. The summed E-state index contributed by atoms with van der Waals surface area (Å²) in [4.78, 5) is 15.5. The molecule has 9 aromatic rings. The lowest BCUT2D eigenvalue weighted by molar-refractivity contribution is 1.11. The van der Waals surface area contributed by atoms with Gasteiger partial charge in [-0.3, -0.25) is 4.57 Å². The minimum atomic E-state index is 0.715. The average Bonchev–Trinajstić information content (AvgIpc) is 3.72. The Hall–Kier alpha value is -5.91. The molecule has 0 aliphatic heterocycles. The summed E-state index contributed by atoms with van der Waals surface area (Å²) in [5.41, 5.74) is 9.20. The van der Waals surface area contributed by atoms with Crippen molar-refractivity contribution in [3.8, 4) is 51.0 Å². The van der Waals surface area contributed by atoms with Gasteiger partial charge in [-0.1, -0.05) is 115 Å². The standard InChI is InChI=1S/C41H26N4S/c1-4-14-27(15-5-1)34-26-35(28-16-6-2-7-17-28)43-40(42-34)31-21-13-25-37-38(31)30-20-12-22-32(39(30)46-37)41-44-33-23-10-11-24-36(33)45(41)29-18-8-3-9-19-29/h1-26H. The third kappa shape index (κ3) is 4.40. The number of rotatable bonds is 5. The molecule has 0 aliphatic rings. The summed E-state index contributed by atoms with van der Waals surface area (Å²) in [5, 5.41) is 2.34. The minimum Gasteiger partial charge on any atom is -0.292 e. The van der Waals surface area contributed by atoms with Crippen LogP contribution in [0.15, 0.2) is 158 Å². The molecule has 4 nitrogen and oxygen atoms in total. The fraction of sp³-hybridized carbons (Fsp3) is 0. The second-order valence-corrected chi connectivity index (χ2v) is 12.3. The van der Waals surface area contributed by atoms with E-state index in [4.69, 9.17) is 15.0 Å². The molecule has 216 valence electrons. The van der Waals surface area contributed by atoms with Crippen LogP contribution >= 0.6 is 11.3 Å². The number of hydrogen-bond donors (Lipinski definition) is 0. The SMILES string of the molecule is c1ccc(-c2cc(-c3ccccc3)nc(-c3cccc4sc5c(-c6nc7ccccc7n6-c6ccccc6)cccc5c34)n2)cc1. The van der Waals surface area contributed by atoms with Gasteiger partial charge in [-0.15, -0.1) is 11.3 Å². The quantitative estimate of drug-likeness (QED) is 0.196. The van der Waals surface area contributed by atoms with E-state index in [1.54, 1.807) is 11.3 Å². The van der Waals surface area contributed by atoms with Crippen LogP contribution in [0, 0.1) is 0 Å². The Morgan fingerprint density at radius 1 is 0.500 bits per heavy atom. The zero-order chi connectivity index (χ0) is 30.5. The molecule has 0 amide bonds. The van der Waals surface area contributed by atoms with Crippen LogP contribution in [0.25, 0.3) is 82.2 Å². The lowest BCUT2D eigenvalue weighted by atomic mass is 10.0. The maximum atomic E-state index is 5.20. The van der Waals surface area contributed by atoms with Crippen molar-refractivity contribution in [1.29, 1.82) is 0 Å². The number of para-hydroxylation sites is 3. The molecule has 0 fully saturated rings. The Morgan fingerprint density at radius 3 is 1.83 bits per heavy atom. The van der Waals surface area contributed by atoms with Gasteiger partial charge in [-0.05, 0) is 42.5 Å². The Morgan fingerprint density at radius 2 is 1.11 bits per heavy atom. The Kier molecular flexibility index (Phi) is 6.28. The highest BCUT2D eigenvalue weighted by atomic mass is 32.1. The predicted octanol–water partition coefficient (Wildman–Crippen LogP) is 10.9. The van der Waals surface area contributed by atoms with Crippen molar-refractivity contribution < 1.29 is 0 Å². The summed E-state index contributed by atoms with van der Waals surface area (Å²) in [7, 11) is 0. The molecule has 46 heavy (non-hydrogen) atoms. The molecule has 0 N–H and O–H groups in total.